The van der Waals surface area contributed by atoms with Gasteiger partial charge in [0.05, 0.1) is 13.7 Å². The number of carbonyl (C=O) groups is 1. The highest BCUT2D eigenvalue weighted by atomic mass is 79.9. The topological polar surface area (TPSA) is 88.6 Å². The Kier molecular flexibility index (Phi) is 6.15. The summed E-state index contributed by atoms with van der Waals surface area (Å²) in [6.45, 7) is 1.53. The van der Waals surface area contributed by atoms with Crippen molar-refractivity contribution in [2.45, 2.75) is 11.8 Å². The molecular formula is C16H18BrN3O4S. The van der Waals surface area contributed by atoms with Gasteiger partial charge in [0.25, 0.3) is 0 Å². The van der Waals surface area contributed by atoms with Crippen LogP contribution in [0.1, 0.15) is 5.56 Å². The maximum atomic E-state index is 12.7. The number of aromatic nitrogens is 1. The molecule has 7 nitrogen and oxygen atoms in total. The van der Waals surface area contributed by atoms with E-state index in [1.165, 1.54) is 20.2 Å². The molecule has 0 radical (unpaired) electrons. The fourth-order valence-electron chi connectivity index (χ4n) is 2.03. The summed E-state index contributed by atoms with van der Waals surface area (Å²) in [5.74, 6) is 0.0773. The molecule has 1 aromatic carbocycles. The molecule has 0 aliphatic heterocycles. The molecule has 0 atom stereocenters. The van der Waals surface area contributed by atoms with E-state index in [1.54, 1.807) is 30.5 Å². The lowest BCUT2D eigenvalue weighted by Crippen LogP contribution is -2.35. The van der Waals surface area contributed by atoms with Crippen LogP contribution in [0.3, 0.4) is 0 Å². The van der Waals surface area contributed by atoms with E-state index < -0.39 is 15.9 Å². The van der Waals surface area contributed by atoms with E-state index in [9.17, 15) is 13.2 Å². The molecule has 134 valence electrons. The summed E-state index contributed by atoms with van der Waals surface area (Å²) >= 11 is 3.24. The smallest absolute Gasteiger partial charge is 0.247 e. The van der Waals surface area contributed by atoms with E-state index in [-0.39, 0.29) is 17.2 Å². The van der Waals surface area contributed by atoms with E-state index in [2.05, 4.69) is 26.2 Å². The van der Waals surface area contributed by atoms with Crippen molar-refractivity contribution >= 4 is 37.7 Å². The number of nitrogens with one attached hydrogen (secondary N) is 1. The Morgan fingerprint density at radius 2 is 2.04 bits per heavy atom. The predicted molar refractivity (Wildman–Crippen MR) is 98.1 cm³/mol. The van der Waals surface area contributed by atoms with Crippen LogP contribution in [0.2, 0.25) is 0 Å². The van der Waals surface area contributed by atoms with Crippen LogP contribution in [-0.2, 0) is 14.8 Å². The second-order valence-corrected chi connectivity index (χ2v) is 8.25. The third-order valence-electron chi connectivity index (χ3n) is 3.36. The molecule has 0 bridgehead atoms. The van der Waals surface area contributed by atoms with Crippen LogP contribution in [0, 0.1) is 6.92 Å². The van der Waals surface area contributed by atoms with Gasteiger partial charge < -0.3 is 10.1 Å². The molecule has 0 aliphatic rings. The highest BCUT2D eigenvalue weighted by molar-refractivity contribution is 9.10. The summed E-state index contributed by atoms with van der Waals surface area (Å²) in [5, 5.41) is 2.57. The van der Waals surface area contributed by atoms with E-state index >= 15 is 0 Å². The van der Waals surface area contributed by atoms with Gasteiger partial charge in [0.2, 0.25) is 15.9 Å². The van der Waals surface area contributed by atoms with Gasteiger partial charge in [-0.05, 0) is 36.8 Å². The van der Waals surface area contributed by atoms with Crippen molar-refractivity contribution in [3.63, 3.8) is 0 Å². The molecule has 0 spiro atoms. The number of nitrogens with zero attached hydrogens (tertiary/aromatic N) is 2. The van der Waals surface area contributed by atoms with Gasteiger partial charge in [0, 0.05) is 17.7 Å². The zero-order valence-corrected chi connectivity index (χ0v) is 16.4. The van der Waals surface area contributed by atoms with Gasteiger partial charge in [0.1, 0.15) is 16.5 Å². The van der Waals surface area contributed by atoms with E-state index in [1.807, 2.05) is 6.92 Å². The second kappa shape index (κ2) is 7.94. The number of benzene rings is 1. The minimum Gasteiger partial charge on any atom is -0.495 e. The molecule has 0 unspecified atom stereocenters. The first kappa shape index (κ1) is 19.4. The number of aryl methyl sites for hydroxylation is 1. The number of amides is 1. The normalized spacial score (nSPS) is 11.4. The highest BCUT2D eigenvalue weighted by Crippen LogP contribution is 2.29. The van der Waals surface area contributed by atoms with Crippen LogP contribution in [-0.4, -0.2) is 44.3 Å². The number of sulfonamides is 1. The largest absolute Gasteiger partial charge is 0.495 e. The van der Waals surface area contributed by atoms with Crippen LogP contribution in [0.5, 0.6) is 5.75 Å². The average Bonchev–Trinajstić information content (AvgIpc) is 2.56. The summed E-state index contributed by atoms with van der Waals surface area (Å²) in [7, 11) is -1.18. The molecular weight excluding hydrogens is 410 g/mol. The molecule has 2 rings (SSSR count). The van der Waals surface area contributed by atoms with Crippen LogP contribution in [0.4, 0.5) is 5.82 Å². The number of anilines is 1. The second-order valence-electron chi connectivity index (χ2n) is 5.33. The summed E-state index contributed by atoms with van der Waals surface area (Å²) < 4.78 is 32.1. The molecule has 1 heterocycles. The summed E-state index contributed by atoms with van der Waals surface area (Å²) in [5.41, 5.74) is 0.958. The first-order valence-corrected chi connectivity index (χ1v) is 9.49. The average molecular weight is 428 g/mol. The van der Waals surface area contributed by atoms with Crippen LogP contribution >= 0.6 is 15.9 Å². The number of pyridine rings is 1. The number of likely N-dealkylation sites (N-methyl/N-ethyl adjacent to an activating group) is 1. The lowest BCUT2D eigenvalue weighted by Gasteiger charge is -2.18. The third-order valence-corrected chi connectivity index (χ3v) is 5.68. The quantitative estimate of drug-likeness (QED) is 0.764. The Morgan fingerprint density at radius 1 is 1.32 bits per heavy atom. The van der Waals surface area contributed by atoms with Gasteiger partial charge in [-0.25, -0.2) is 13.4 Å². The first-order chi connectivity index (χ1) is 11.7. The molecule has 0 fully saturated rings. The Balaban J connectivity index is 2.16. The fraction of sp³-hybridized carbons (Fsp3) is 0.250. The van der Waals surface area contributed by atoms with Gasteiger partial charge in [-0.2, -0.15) is 4.31 Å². The van der Waals surface area contributed by atoms with Crippen molar-refractivity contribution in [3.8, 4) is 5.75 Å². The van der Waals surface area contributed by atoms with Crippen LogP contribution < -0.4 is 10.1 Å². The number of rotatable bonds is 6. The van der Waals surface area contributed by atoms with Crippen molar-refractivity contribution in [3.05, 3.63) is 46.6 Å². The molecule has 1 aromatic heterocycles. The molecule has 1 N–H and O–H groups in total. The molecule has 1 amide bonds. The Bertz CT molecular complexity index is 869. The Hall–Kier alpha value is -1.97. The van der Waals surface area contributed by atoms with Gasteiger partial charge in [-0.3, -0.25) is 4.79 Å². The minimum absolute atomic E-state index is 0.0202. The van der Waals surface area contributed by atoms with Crippen molar-refractivity contribution < 1.29 is 17.9 Å². The fourth-order valence-corrected chi connectivity index (χ4v) is 3.85. The van der Waals surface area contributed by atoms with E-state index in [4.69, 9.17) is 4.74 Å². The maximum absolute atomic E-state index is 12.7. The summed E-state index contributed by atoms with van der Waals surface area (Å²) in [6, 6.07) is 8.10. The monoisotopic (exact) mass is 427 g/mol. The minimum atomic E-state index is -3.90. The summed E-state index contributed by atoms with van der Waals surface area (Å²) in [4.78, 5) is 16.1. The molecule has 25 heavy (non-hydrogen) atoms. The number of methoxy groups -OCH3 is 1. The van der Waals surface area contributed by atoms with Crippen molar-refractivity contribution in [2.24, 2.45) is 0 Å². The van der Waals surface area contributed by atoms with Gasteiger partial charge in [-0.1, -0.05) is 22.0 Å². The van der Waals surface area contributed by atoms with Crippen molar-refractivity contribution in [1.82, 2.24) is 9.29 Å². The van der Waals surface area contributed by atoms with Crippen LogP contribution in [0.25, 0.3) is 0 Å². The van der Waals surface area contributed by atoms with Gasteiger partial charge in [0.15, 0.2) is 0 Å². The zero-order valence-electron chi connectivity index (χ0n) is 14.0. The van der Waals surface area contributed by atoms with Crippen molar-refractivity contribution in [2.75, 3.05) is 26.0 Å². The van der Waals surface area contributed by atoms with E-state index in [0.29, 0.717) is 10.3 Å². The predicted octanol–water partition coefficient (Wildman–Crippen LogP) is 2.42. The lowest BCUT2D eigenvalue weighted by atomic mass is 10.3. The van der Waals surface area contributed by atoms with Crippen LogP contribution in [0.15, 0.2) is 45.9 Å². The molecule has 9 heteroatoms. The summed E-state index contributed by atoms with van der Waals surface area (Å²) in [6.07, 6.45) is 1.61. The maximum Gasteiger partial charge on any atom is 0.247 e. The molecule has 0 saturated carbocycles. The SMILES string of the molecule is COc1ccc(Br)cc1S(=O)(=O)N(C)CC(=O)Nc1ccc(C)cn1. The number of hydrogen-bond donors (Lipinski definition) is 1. The molecule has 2 aromatic rings. The number of halogens is 1. The Morgan fingerprint density at radius 3 is 2.64 bits per heavy atom. The zero-order chi connectivity index (χ0) is 18.6. The first-order valence-electron chi connectivity index (χ1n) is 7.26. The number of carbonyl (C=O) groups excluding carboxylic acids is 1. The highest BCUT2D eigenvalue weighted by Gasteiger charge is 2.26. The number of hydrogen-bond acceptors (Lipinski definition) is 5. The van der Waals surface area contributed by atoms with Gasteiger partial charge in [-0.15, -0.1) is 0 Å². The Labute approximate surface area is 155 Å². The number of ether oxygens (including phenoxy) is 1. The molecule has 0 saturated heterocycles. The van der Waals surface area contributed by atoms with Crippen molar-refractivity contribution in [1.29, 1.82) is 0 Å². The van der Waals surface area contributed by atoms with E-state index in [0.717, 1.165) is 9.87 Å². The molecule has 0 aliphatic carbocycles. The third kappa shape index (κ3) is 4.77. The standard InChI is InChI=1S/C16H18BrN3O4S/c1-11-4-7-15(18-9-11)19-16(21)10-20(2)25(22,23)14-8-12(17)5-6-13(14)24-3/h4-9H,10H2,1-3H3,(H,18,19,21). The lowest BCUT2D eigenvalue weighted by molar-refractivity contribution is -0.116. The van der Waals surface area contributed by atoms with Gasteiger partial charge >= 0.3 is 0 Å².